The lowest BCUT2D eigenvalue weighted by Gasteiger charge is -2.14. The quantitative estimate of drug-likeness (QED) is 0.234. The van der Waals surface area contributed by atoms with Crippen LogP contribution in [0, 0.1) is 6.92 Å². The number of para-hydroxylation sites is 1. The van der Waals surface area contributed by atoms with E-state index < -0.39 is 0 Å². The molecule has 2 heterocycles. The Hall–Kier alpha value is -3.85. The van der Waals surface area contributed by atoms with Gasteiger partial charge in [-0.05, 0) is 31.4 Å². The predicted molar refractivity (Wildman–Crippen MR) is 143 cm³/mol. The van der Waals surface area contributed by atoms with Gasteiger partial charge in [-0.25, -0.2) is 14.5 Å². The van der Waals surface area contributed by atoms with E-state index in [4.69, 9.17) is 9.84 Å². The molecule has 9 heteroatoms. The summed E-state index contributed by atoms with van der Waals surface area (Å²) in [6.07, 6.45) is 3.57. The van der Waals surface area contributed by atoms with E-state index in [9.17, 15) is 4.79 Å². The fourth-order valence-electron chi connectivity index (χ4n) is 3.40. The topological polar surface area (TPSA) is 94.0 Å². The molecule has 0 aliphatic heterocycles. The fourth-order valence-corrected chi connectivity index (χ4v) is 3.75. The van der Waals surface area contributed by atoms with E-state index in [1.54, 1.807) is 16.9 Å². The summed E-state index contributed by atoms with van der Waals surface area (Å²) in [4.78, 5) is 21.4. The molecule has 0 fully saturated rings. The van der Waals surface area contributed by atoms with Crippen LogP contribution in [0.1, 0.15) is 37.6 Å². The molecule has 0 saturated heterocycles. The van der Waals surface area contributed by atoms with Crippen molar-refractivity contribution in [3.63, 3.8) is 0 Å². The summed E-state index contributed by atoms with van der Waals surface area (Å²) >= 11 is 1.44. The van der Waals surface area contributed by atoms with Gasteiger partial charge in [0, 0.05) is 35.9 Å². The van der Waals surface area contributed by atoms with Gasteiger partial charge < -0.3 is 10.1 Å². The van der Waals surface area contributed by atoms with Crippen molar-refractivity contribution in [1.29, 1.82) is 0 Å². The lowest BCUT2D eigenvalue weighted by Crippen LogP contribution is -2.29. The number of anilines is 1. The van der Waals surface area contributed by atoms with E-state index in [-0.39, 0.29) is 18.0 Å². The molecule has 8 nitrogen and oxygen atoms in total. The van der Waals surface area contributed by atoms with Crippen LogP contribution in [0.4, 0.5) is 10.6 Å². The molecule has 0 saturated carbocycles. The molecule has 2 aromatic heterocycles. The minimum Gasteiger partial charge on any atom is -0.439 e. The van der Waals surface area contributed by atoms with Crippen LogP contribution in [0.5, 0.6) is 11.6 Å². The van der Waals surface area contributed by atoms with Crippen LogP contribution in [0.15, 0.2) is 72.0 Å². The number of aromatic nitrogens is 4. The third kappa shape index (κ3) is 6.23. The highest BCUT2D eigenvalue weighted by molar-refractivity contribution is 7.98. The Labute approximate surface area is 215 Å². The van der Waals surface area contributed by atoms with Crippen molar-refractivity contribution >= 4 is 23.6 Å². The average Bonchev–Trinajstić information content (AvgIpc) is 3.28. The maximum Gasteiger partial charge on any atom is 0.320 e. The van der Waals surface area contributed by atoms with E-state index in [1.807, 2.05) is 67.8 Å². The Morgan fingerprint density at radius 1 is 1.08 bits per heavy atom. The number of nitrogens with one attached hydrogen (secondary N) is 2. The van der Waals surface area contributed by atoms with Crippen LogP contribution in [0.2, 0.25) is 0 Å². The van der Waals surface area contributed by atoms with E-state index >= 15 is 0 Å². The van der Waals surface area contributed by atoms with Crippen molar-refractivity contribution in [3.8, 4) is 17.3 Å². The van der Waals surface area contributed by atoms with Crippen molar-refractivity contribution in [2.75, 3.05) is 11.6 Å². The monoisotopic (exact) mass is 502 g/mol. The summed E-state index contributed by atoms with van der Waals surface area (Å²) in [5.41, 5.74) is 3.56. The first kappa shape index (κ1) is 25.2. The number of thioether (sulfide) groups is 1. The van der Waals surface area contributed by atoms with Crippen LogP contribution in [0.3, 0.4) is 0 Å². The van der Waals surface area contributed by atoms with Crippen molar-refractivity contribution in [1.82, 2.24) is 25.1 Å². The lowest BCUT2D eigenvalue weighted by molar-refractivity contribution is 0.251. The third-order valence-corrected chi connectivity index (χ3v) is 5.98. The maximum absolute atomic E-state index is 12.9. The summed E-state index contributed by atoms with van der Waals surface area (Å²) in [7, 11) is 0. The Kier molecular flexibility index (Phi) is 7.59. The smallest absolute Gasteiger partial charge is 0.320 e. The minimum absolute atomic E-state index is 0.170. The number of urea groups is 1. The normalized spacial score (nSPS) is 11.2. The molecule has 2 aromatic carbocycles. The molecule has 0 unspecified atom stereocenters. The number of aryl methyl sites for hydroxylation is 1. The van der Waals surface area contributed by atoms with Gasteiger partial charge in [0.2, 0.25) is 5.88 Å². The molecule has 4 aromatic rings. The number of carbonyl (C=O) groups excluding carboxylic acids is 1. The van der Waals surface area contributed by atoms with E-state index in [0.717, 1.165) is 22.5 Å². The second-order valence-electron chi connectivity index (χ2n) is 9.31. The lowest BCUT2D eigenvalue weighted by atomic mass is 9.92. The number of rotatable bonds is 7. The molecule has 2 amide bonds. The van der Waals surface area contributed by atoms with Gasteiger partial charge in [-0.3, -0.25) is 5.32 Å². The molecule has 0 radical (unpaired) electrons. The predicted octanol–water partition coefficient (Wildman–Crippen LogP) is 6.10. The SMILES string of the molecule is CSc1nccc(Oc2ccccc2CNC(=O)Nc2cc(C(C)(C)C)nn2-c2ccc(C)cc2)n1. The highest BCUT2D eigenvalue weighted by atomic mass is 32.2. The third-order valence-electron chi connectivity index (χ3n) is 5.41. The van der Waals surface area contributed by atoms with Gasteiger partial charge in [0.25, 0.3) is 0 Å². The molecule has 0 bridgehead atoms. The van der Waals surface area contributed by atoms with Gasteiger partial charge in [-0.1, -0.05) is 68.4 Å². The molecule has 36 heavy (non-hydrogen) atoms. The summed E-state index contributed by atoms with van der Waals surface area (Å²) in [6, 6.07) is 18.8. The first-order valence-electron chi connectivity index (χ1n) is 11.6. The van der Waals surface area contributed by atoms with Crippen molar-refractivity contribution in [2.45, 2.75) is 44.8 Å². The summed E-state index contributed by atoms with van der Waals surface area (Å²) in [6.45, 7) is 8.58. The van der Waals surface area contributed by atoms with Gasteiger partial charge in [0.05, 0.1) is 11.4 Å². The van der Waals surface area contributed by atoms with Crippen molar-refractivity contribution in [2.24, 2.45) is 0 Å². The molecule has 0 spiro atoms. The molecule has 0 aliphatic rings. The molecule has 2 N–H and O–H groups in total. The molecular formula is C27H30N6O2S. The van der Waals surface area contributed by atoms with Crippen molar-refractivity contribution < 1.29 is 9.53 Å². The Bertz CT molecular complexity index is 1350. The molecular weight excluding hydrogens is 472 g/mol. The Morgan fingerprint density at radius 2 is 1.83 bits per heavy atom. The first-order valence-corrected chi connectivity index (χ1v) is 12.8. The number of hydrogen-bond acceptors (Lipinski definition) is 6. The zero-order valence-electron chi connectivity index (χ0n) is 21.1. The number of hydrogen-bond donors (Lipinski definition) is 2. The highest BCUT2D eigenvalue weighted by Gasteiger charge is 2.21. The number of benzene rings is 2. The van der Waals surface area contributed by atoms with Crippen molar-refractivity contribution in [3.05, 3.63) is 83.7 Å². The Balaban J connectivity index is 1.49. The van der Waals surface area contributed by atoms with Crippen LogP contribution in [-0.4, -0.2) is 32.0 Å². The first-order chi connectivity index (χ1) is 17.2. The van der Waals surface area contributed by atoms with Gasteiger partial charge in [0.15, 0.2) is 5.16 Å². The summed E-state index contributed by atoms with van der Waals surface area (Å²) < 4.78 is 7.74. The largest absolute Gasteiger partial charge is 0.439 e. The number of nitrogens with zero attached hydrogens (tertiary/aromatic N) is 4. The zero-order chi connectivity index (χ0) is 25.7. The second-order valence-corrected chi connectivity index (χ2v) is 10.1. The van der Waals surface area contributed by atoms with Crippen LogP contribution in [-0.2, 0) is 12.0 Å². The van der Waals surface area contributed by atoms with Crippen LogP contribution < -0.4 is 15.4 Å². The second kappa shape index (κ2) is 10.8. The Morgan fingerprint density at radius 3 is 2.56 bits per heavy atom. The molecule has 0 atom stereocenters. The molecule has 0 aliphatic carbocycles. The number of amides is 2. The van der Waals surface area contributed by atoms with E-state index in [0.29, 0.717) is 22.6 Å². The molecule has 186 valence electrons. The highest BCUT2D eigenvalue weighted by Crippen LogP contribution is 2.27. The van der Waals surface area contributed by atoms with Crippen LogP contribution >= 0.6 is 11.8 Å². The average molecular weight is 503 g/mol. The van der Waals surface area contributed by atoms with Gasteiger partial charge in [0.1, 0.15) is 11.6 Å². The summed E-state index contributed by atoms with van der Waals surface area (Å²) in [5, 5.41) is 11.3. The standard InChI is InChI=1S/C27H30N6O2S/c1-18-10-12-20(13-11-18)33-23(16-22(32-33)27(2,3)4)30-25(34)29-17-19-8-6-7-9-21(19)35-24-14-15-28-26(31-24)36-5/h6-16H,17H2,1-5H3,(H2,29,30,34). The minimum atomic E-state index is -0.342. The van der Waals surface area contributed by atoms with Gasteiger partial charge >= 0.3 is 6.03 Å². The molecule has 4 rings (SSSR count). The van der Waals surface area contributed by atoms with E-state index in [2.05, 4.69) is 41.4 Å². The zero-order valence-corrected chi connectivity index (χ0v) is 21.9. The number of ether oxygens (including phenoxy) is 1. The number of carbonyl (C=O) groups is 1. The van der Waals surface area contributed by atoms with Gasteiger partial charge in [-0.2, -0.15) is 10.1 Å². The summed E-state index contributed by atoms with van der Waals surface area (Å²) in [5.74, 6) is 1.66. The maximum atomic E-state index is 12.9. The van der Waals surface area contributed by atoms with Gasteiger partial charge in [-0.15, -0.1) is 0 Å². The van der Waals surface area contributed by atoms with Crippen LogP contribution in [0.25, 0.3) is 5.69 Å². The fraction of sp³-hybridized carbons (Fsp3) is 0.259. The van der Waals surface area contributed by atoms with E-state index in [1.165, 1.54) is 11.8 Å².